The molecule has 0 saturated heterocycles. The number of aryl methyl sites for hydroxylation is 2. The standard InChI is InChI=1S/C16H20N4O/c1-11-5-4-6-13(9-11)10-20(3)16-14(15(17)19-21)12(2)7-8-18-16/h4-9,21H,10H2,1-3H3,(H2,17,19). The molecule has 1 aromatic carbocycles. The highest BCUT2D eigenvalue weighted by molar-refractivity contribution is 6.02. The topological polar surface area (TPSA) is 74.7 Å². The second kappa shape index (κ2) is 6.26. The van der Waals surface area contributed by atoms with E-state index in [-0.39, 0.29) is 5.84 Å². The van der Waals surface area contributed by atoms with Gasteiger partial charge in [-0.25, -0.2) is 4.98 Å². The second-order valence-corrected chi connectivity index (χ2v) is 5.16. The van der Waals surface area contributed by atoms with Gasteiger partial charge in [0, 0.05) is 19.8 Å². The van der Waals surface area contributed by atoms with Crippen LogP contribution in [0.3, 0.4) is 0 Å². The largest absolute Gasteiger partial charge is 0.409 e. The highest BCUT2D eigenvalue weighted by atomic mass is 16.4. The van der Waals surface area contributed by atoms with E-state index < -0.39 is 0 Å². The van der Waals surface area contributed by atoms with Crippen molar-refractivity contribution in [3.05, 3.63) is 58.8 Å². The van der Waals surface area contributed by atoms with Gasteiger partial charge in [-0.05, 0) is 31.0 Å². The van der Waals surface area contributed by atoms with Gasteiger partial charge in [-0.15, -0.1) is 0 Å². The van der Waals surface area contributed by atoms with Crippen molar-refractivity contribution in [2.45, 2.75) is 20.4 Å². The van der Waals surface area contributed by atoms with Crippen molar-refractivity contribution in [2.24, 2.45) is 10.9 Å². The van der Waals surface area contributed by atoms with Crippen molar-refractivity contribution in [3.63, 3.8) is 0 Å². The lowest BCUT2D eigenvalue weighted by Crippen LogP contribution is -2.24. The van der Waals surface area contributed by atoms with E-state index >= 15 is 0 Å². The van der Waals surface area contributed by atoms with Crippen molar-refractivity contribution in [1.82, 2.24) is 4.98 Å². The molecule has 0 spiro atoms. The average molecular weight is 284 g/mol. The van der Waals surface area contributed by atoms with Crippen LogP contribution in [0.2, 0.25) is 0 Å². The summed E-state index contributed by atoms with van der Waals surface area (Å²) in [4.78, 5) is 6.38. The first-order chi connectivity index (χ1) is 10.0. The third-order valence-electron chi connectivity index (χ3n) is 3.37. The van der Waals surface area contributed by atoms with E-state index in [9.17, 15) is 0 Å². The molecule has 0 aliphatic rings. The quantitative estimate of drug-likeness (QED) is 0.391. The van der Waals surface area contributed by atoms with Gasteiger partial charge in [-0.3, -0.25) is 0 Å². The Labute approximate surface area is 124 Å². The van der Waals surface area contributed by atoms with Crippen LogP contribution in [0, 0.1) is 13.8 Å². The molecule has 0 aliphatic carbocycles. The summed E-state index contributed by atoms with van der Waals surface area (Å²) in [6.07, 6.45) is 1.73. The Hall–Kier alpha value is -2.56. The number of aromatic nitrogens is 1. The number of nitrogens with zero attached hydrogens (tertiary/aromatic N) is 3. The first-order valence-electron chi connectivity index (χ1n) is 6.73. The van der Waals surface area contributed by atoms with Gasteiger partial charge in [0.15, 0.2) is 5.84 Å². The minimum absolute atomic E-state index is 0.0756. The fraction of sp³-hybridized carbons (Fsp3) is 0.250. The molecular weight excluding hydrogens is 264 g/mol. The third-order valence-corrected chi connectivity index (χ3v) is 3.37. The number of hydrogen-bond donors (Lipinski definition) is 2. The third kappa shape index (κ3) is 3.31. The first kappa shape index (κ1) is 14.8. The SMILES string of the molecule is Cc1cccc(CN(C)c2nccc(C)c2/C(N)=N/O)c1. The molecule has 1 heterocycles. The van der Waals surface area contributed by atoms with Crippen LogP contribution in [0.25, 0.3) is 0 Å². The number of oxime groups is 1. The normalized spacial score (nSPS) is 11.5. The maximum absolute atomic E-state index is 8.96. The van der Waals surface area contributed by atoms with Crippen LogP contribution < -0.4 is 10.6 Å². The van der Waals surface area contributed by atoms with E-state index in [1.54, 1.807) is 6.20 Å². The average Bonchev–Trinajstić information content (AvgIpc) is 2.46. The Bertz CT molecular complexity index is 667. The monoisotopic (exact) mass is 284 g/mol. The van der Waals surface area contributed by atoms with Gasteiger partial charge in [-0.2, -0.15) is 0 Å². The van der Waals surface area contributed by atoms with Crippen LogP contribution in [0.1, 0.15) is 22.3 Å². The Morgan fingerprint density at radius 2 is 2.10 bits per heavy atom. The van der Waals surface area contributed by atoms with Crippen LogP contribution >= 0.6 is 0 Å². The summed E-state index contributed by atoms with van der Waals surface area (Å²) in [5.41, 5.74) is 9.77. The zero-order valence-corrected chi connectivity index (χ0v) is 12.5. The minimum Gasteiger partial charge on any atom is -0.409 e. The van der Waals surface area contributed by atoms with E-state index in [0.717, 1.165) is 5.56 Å². The number of benzene rings is 1. The van der Waals surface area contributed by atoms with Gasteiger partial charge in [0.2, 0.25) is 0 Å². The summed E-state index contributed by atoms with van der Waals surface area (Å²) in [7, 11) is 1.94. The molecule has 5 nitrogen and oxygen atoms in total. The van der Waals surface area contributed by atoms with Crippen LogP contribution in [-0.2, 0) is 6.54 Å². The molecule has 0 saturated carbocycles. The molecule has 2 aromatic rings. The van der Waals surface area contributed by atoms with Gasteiger partial charge in [0.05, 0.1) is 5.56 Å². The molecule has 3 N–H and O–H groups in total. The number of hydrogen-bond acceptors (Lipinski definition) is 4. The Balaban J connectivity index is 2.35. The Morgan fingerprint density at radius 3 is 2.76 bits per heavy atom. The van der Waals surface area contributed by atoms with Crippen molar-refractivity contribution in [3.8, 4) is 0 Å². The Morgan fingerprint density at radius 1 is 1.33 bits per heavy atom. The molecule has 21 heavy (non-hydrogen) atoms. The molecule has 0 aliphatic heterocycles. The molecule has 0 unspecified atom stereocenters. The van der Waals surface area contributed by atoms with Gasteiger partial charge < -0.3 is 15.8 Å². The number of anilines is 1. The number of pyridine rings is 1. The molecule has 0 bridgehead atoms. The molecule has 0 fully saturated rings. The molecule has 2 rings (SSSR count). The van der Waals surface area contributed by atoms with E-state index in [1.165, 1.54) is 11.1 Å². The first-order valence-corrected chi connectivity index (χ1v) is 6.73. The van der Waals surface area contributed by atoms with Crippen LogP contribution in [0.5, 0.6) is 0 Å². The summed E-state index contributed by atoms with van der Waals surface area (Å²) >= 11 is 0. The lowest BCUT2D eigenvalue weighted by molar-refractivity contribution is 0.318. The molecule has 110 valence electrons. The van der Waals surface area contributed by atoms with Crippen molar-refractivity contribution >= 4 is 11.7 Å². The lowest BCUT2D eigenvalue weighted by Gasteiger charge is -2.22. The van der Waals surface area contributed by atoms with E-state index in [1.807, 2.05) is 31.0 Å². The zero-order valence-electron chi connectivity index (χ0n) is 12.5. The van der Waals surface area contributed by atoms with Crippen LogP contribution in [-0.4, -0.2) is 23.1 Å². The van der Waals surface area contributed by atoms with E-state index in [2.05, 4.69) is 35.3 Å². The fourth-order valence-electron chi connectivity index (χ4n) is 2.36. The van der Waals surface area contributed by atoms with Crippen molar-refractivity contribution < 1.29 is 5.21 Å². The summed E-state index contributed by atoms with van der Waals surface area (Å²) in [5.74, 6) is 0.776. The molecule has 5 heteroatoms. The number of amidine groups is 1. The Kier molecular flexibility index (Phi) is 4.42. The summed E-state index contributed by atoms with van der Waals surface area (Å²) in [6.45, 7) is 4.68. The summed E-state index contributed by atoms with van der Waals surface area (Å²) < 4.78 is 0. The lowest BCUT2D eigenvalue weighted by atomic mass is 10.1. The second-order valence-electron chi connectivity index (χ2n) is 5.16. The van der Waals surface area contributed by atoms with E-state index in [0.29, 0.717) is 17.9 Å². The van der Waals surface area contributed by atoms with E-state index in [4.69, 9.17) is 10.9 Å². The van der Waals surface area contributed by atoms with Crippen LogP contribution in [0.15, 0.2) is 41.7 Å². The van der Waals surface area contributed by atoms with Gasteiger partial charge in [-0.1, -0.05) is 35.0 Å². The highest BCUT2D eigenvalue weighted by Crippen LogP contribution is 2.21. The minimum atomic E-state index is 0.0756. The molecule has 1 aromatic heterocycles. The number of nitrogens with two attached hydrogens (primary N) is 1. The van der Waals surface area contributed by atoms with Gasteiger partial charge >= 0.3 is 0 Å². The molecule has 0 amide bonds. The molecule has 0 atom stereocenters. The highest BCUT2D eigenvalue weighted by Gasteiger charge is 2.15. The van der Waals surface area contributed by atoms with Crippen molar-refractivity contribution in [2.75, 3.05) is 11.9 Å². The van der Waals surface area contributed by atoms with Crippen molar-refractivity contribution in [1.29, 1.82) is 0 Å². The number of rotatable bonds is 4. The molecule has 0 radical (unpaired) electrons. The fourth-order valence-corrected chi connectivity index (χ4v) is 2.36. The predicted molar refractivity (Wildman–Crippen MR) is 84.8 cm³/mol. The predicted octanol–water partition coefficient (Wildman–Crippen LogP) is 2.43. The maximum Gasteiger partial charge on any atom is 0.174 e. The van der Waals surface area contributed by atoms with Gasteiger partial charge in [0.25, 0.3) is 0 Å². The van der Waals surface area contributed by atoms with Crippen LogP contribution in [0.4, 0.5) is 5.82 Å². The smallest absolute Gasteiger partial charge is 0.174 e. The summed E-state index contributed by atoms with van der Waals surface area (Å²) in [5, 5.41) is 12.1. The zero-order chi connectivity index (χ0) is 15.4. The summed E-state index contributed by atoms with van der Waals surface area (Å²) in [6, 6.07) is 10.2. The molecular formula is C16H20N4O. The van der Waals surface area contributed by atoms with Gasteiger partial charge in [0.1, 0.15) is 5.82 Å². The maximum atomic E-state index is 8.96.